The number of nitrogens with zero attached hydrogens (tertiary/aromatic N) is 1. The van der Waals surface area contributed by atoms with Gasteiger partial charge in [0.25, 0.3) is 0 Å². The van der Waals surface area contributed by atoms with Gasteiger partial charge in [0.05, 0.1) is 25.3 Å². The van der Waals surface area contributed by atoms with Gasteiger partial charge in [0, 0.05) is 11.8 Å². The van der Waals surface area contributed by atoms with E-state index in [1.807, 2.05) is 0 Å². The van der Waals surface area contributed by atoms with Crippen molar-refractivity contribution in [1.29, 1.82) is 5.26 Å². The summed E-state index contributed by atoms with van der Waals surface area (Å²) in [5, 5.41) is 12.0. The molecule has 0 fully saturated rings. The molecule has 0 spiro atoms. The van der Waals surface area contributed by atoms with Crippen molar-refractivity contribution in [2.75, 3.05) is 19.0 Å². The molecule has 0 aliphatic rings. The number of methoxy groups -OCH3 is 1. The van der Waals surface area contributed by atoms with Crippen LogP contribution in [0, 0.1) is 11.3 Å². The number of carbonyl (C=O) groups excluding carboxylic acids is 1. The standard InChI is InChI=1S/C19H20N2O4/c1-4-24-19(22)13(2)21-15-6-8-16(9-7-15)25-17-10-5-14(12-20)11-18(17)23-3/h5-11,13,21H,4H2,1-3H3. The van der Waals surface area contributed by atoms with Crippen LogP contribution in [-0.2, 0) is 9.53 Å². The molecule has 25 heavy (non-hydrogen) atoms. The number of ether oxygens (including phenoxy) is 3. The summed E-state index contributed by atoms with van der Waals surface area (Å²) in [5.74, 6) is 1.31. The average molecular weight is 340 g/mol. The molecule has 0 saturated carbocycles. The van der Waals surface area contributed by atoms with Crippen LogP contribution in [0.1, 0.15) is 19.4 Å². The number of benzene rings is 2. The quantitative estimate of drug-likeness (QED) is 0.774. The van der Waals surface area contributed by atoms with Gasteiger partial charge in [-0.25, -0.2) is 4.79 Å². The maximum absolute atomic E-state index is 11.6. The highest BCUT2D eigenvalue weighted by molar-refractivity contribution is 5.78. The second-order valence-corrected chi connectivity index (χ2v) is 5.22. The summed E-state index contributed by atoms with van der Waals surface area (Å²) in [6.45, 7) is 3.86. The third-order valence-electron chi connectivity index (χ3n) is 3.40. The highest BCUT2D eigenvalue weighted by Gasteiger charge is 2.13. The van der Waals surface area contributed by atoms with Crippen LogP contribution in [0.25, 0.3) is 0 Å². The van der Waals surface area contributed by atoms with Crippen molar-refractivity contribution in [3.63, 3.8) is 0 Å². The van der Waals surface area contributed by atoms with Gasteiger partial charge in [-0.15, -0.1) is 0 Å². The van der Waals surface area contributed by atoms with Gasteiger partial charge in [-0.05, 0) is 50.2 Å². The van der Waals surface area contributed by atoms with Crippen molar-refractivity contribution < 1.29 is 19.0 Å². The number of rotatable bonds is 7. The molecule has 0 amide bonds. The second kappa shape index (κ2) is 8.60. The fraction of sp³-hybridized carbons (Fsp3) is 0.263. The fourth-order valence-electron chi connectivity index (χ4n) is 2.14. The molecule has 0 heterocycles. The minimum Gasteiger partial charge on any atom is -0.493 e. The molecule has 0 aromatic heterocycles. The summed E-state index contributed by atoms with van der Waals surface area (Å²) >= 11 is 0. The Labute approximate surface area is 146 Å². The van der Waals surface area contributed by atoms with Crippen molar-refractivity contribution in [3.05, 3.63) is 48.0 Å². The van der Waals surface area contributed by atoms with Crippen LogP contribution < -0.4 is 14.8 Å². The summed E-state index contributed by atoms with van der Waals surface area (Å²) in [6.07, 6.45) is 0. The molecule has 0 bridgehead atoms. The highest BCUT2D eigenvalue weighted by atomic mass is 16.5. The summed E-state index contributed by atoms with van der Waals surface area (Å²) in [4.78, 5) is 11.6. The van der Waals surface area contributed by atoms with E-state index in [2.05, 4.69) is 11.4 Å². The molecule has 0 aliphatic heterocycles. The third-order valence-corrected chi connectivity index (χ3v) is 3.40. The van der Waals surface area contributed by atoms with Gasteiger partial charge in [0.2, 0.25) is 0 Å². The van der Waals surface area contributed by atoms with E-state index in [9.17, 15) is 4.79 Å². The largest absolute Gasteiger partial charge is 0.493 e. The van der Waals surface area contributed by atoms with Crippen LogP contribution in [0.4, 0.5) is 5.69 Å². The molecule has 0 radical (unpaired) electrons. The van der Waals surface area contributed by atoms with Crippen LogP contribution >= 0.6 is 0 Å². The summed E-state index contributed by atoms with van der Waals surface area (Å²) < 4.78 is 16.0. The first-order chi connectivity index (χ1) is 12.1. The minimum absolute atomic E-state index is 0.301. The maximum atomic E-state index is 11.6. The average Bonchev–Trinajstić information content (AvgIpc) is 2.63. The fourth-order valence-corrected chi connectivity index (χ4v) is 2.14. The Morgan fingerprint density at radius 3 is 2.52 bits per heavy atom. The Balaban J connectivity index is 2.06. The zero-order valence-corrected chi connectivity index (χ0v) is 14.4. The second-order valence-electron chi connectivity index (χ2n) is 5.22. The monoisotopic (exact) mass is 340 g/mol. The molecule has 2 aromatic carbocycles. The first-order valence-electron chi connectivity index (χ1n) is 7.86. The van der Waals surface area contributed by atoms with E-state index in [4.69, 9.17) is 19.5 Å². The molecular weight excluding hydrogens is 320 g/mol. The molecule has 6 heteroatoms. The minimum atomic E-state index is -0.440. The van der Waals surface area contributed by atoms with Crippen molar-refractivity contribution in [2.45, 2.75) is 19.9 Å². The van der Waals surface area contributed by atoms with E-state index in [1.165, 1.54) is 7.11 Å². The molecule has 130 valence electrons. The Morgan fingerprint density at radius 2 is 1.92 bits per heavy atom. The molecule has 0 aliphatic carbocycles. The number of hydrogen-bond acceptors (Lipinski definition) is 6. The van der Waals surface area contributed by atoms with Gasteiger partial charge in [-0.3, -0.25) is 0 Å². The molecule has 1 unspecified atom stereocenters. The van der Waals surface area contributed by atoms with Crippen molar-refractivity contribution in [2.24, 2.45) is 0 Å². The lowest BCUT2D eigenvalue weighted by atomic mass is 10.2. The predicted octanol–water partition coefficient (Wildman–Crippen LogP) is 3.72. The zero-order chi connectivity index (χ0) is 18.2. The van der Waals surface area contributed by atoms with Crippen LogP contribution in [0.5, 0.6) is 17.2 Å². The van der Waals surface area contributed by atoms with Crippen molar-refractivity contribution >= 4 is 11.7 Å². The van der Waals surface area contributed by atoms with Gasteiger partial charge in [-0.1, -0.05) is 0 Å². The van der Waals surface area contributed by atoms with Crippen molar-refractivity contribution in [3.8, 4) is 23.3 Å². The van der Waals surface area contributed by atoms with Gasteiger partial charge < -0.3 is 19.5 Å². The highest BCUT2D eigenvalue weighted by Crippen LogP contribution is 2.32. The van der Waals surface area contributed by atoms with Crippen LogP contribution in [0.2, 0.25) is 0 Å². The van der Waals surface area contributed by atoms with Crippen LogP contribution in [0.3, 0.4) is 0 Å². The van der Waals surface area contributed by atoms with Gasteiger partial charge in [0.1, 0.15) is 11.8 Å². The van der Waals surface area contributed by atoms with E-state index in [1.54, 1.807) is 56.3 Å². The molecular formula is C19H20N2O4. The van der Waals surface area contributed by atoms with E-state index in [0.29, 0.717) is 29.4 Å². The Morgan fingerprint density at radius 1 is 1.20 bits per heavy atom. The number of hydrogen-bond donors (Lipinski definition) is 1. The van der Waals surface area contributed by atoms with E-state index in [0.717, 1.165) is 5.69 Å². The normalized spacial score (nSPS) is 11.1. The smallest absolute Gasteiger partial charge is 0.328 e. The number of carbonyl (C=O) groups is 1. The summed E-state index contributed by atoms with van der Waals surface area (Å²) in [6, 6.07) is 13.7. The lowest BCUT2D eigenvalue weighted by Gasteiger charge is -2.14. The zero-order valence-electron chi connectivity index (χ0n) is 14.4. The Bertz CT molecular complexity index is 766. The van der Waals surface area contributed by atoms with Crippen LogP contribution in [0.15, 0.2) is 42.5 Å². The number of anilines is 1. The van der Waals surface area contributed by atoms with Crippen LogP contribution in [-0.4, -0.2) is 25.7 Å². The SMILES string of the molecule is CCOC(=O)C(C)Nc1ccc(Oc2ccc(C#N)cc2OC)cc1. The lowest BCUT2D eigenvalue weighted by Crippen LogP contribution is -2.28. The van der Waals surface area contributed by atoms with Crippen molar-refractivity contribution in [1.82, 2.24) is 0 Å². The summed E-state index contributed by atoms with van der Waals surface area (Å²) in [5.41, 5.74) is 1.27. The van der Waals surface area contributed by atoms with Gasteiger partial charge >= 0.3 is 5.97 Å². The molecule has 2 rings (SSSR count). The van der Waals surface area contributed by atoms with E-state index < -0.39 is 6.04 Å². The third kappa shape index (κ3) is 4.88. The first-order valence-corrected chi connectivity index (χ1v) is 7.86. The molecule has 1 atom stereocenters. The Kier molecular flexibility index (Phi) is 6.24. The molecule has 6 nitrogen and oxygen atoms in total. The molecule has 0 saturated heterocycles. The Hall–Kier alpha value is -3.20. The number of nitriles is 1. The molecule has 2 aromatic rings. The first kappa shape index (κ1) is 18.1. The topological polar surface area (TPSA) is 80.6 Å². The number of esters is 1. The molecule has 1 N–H and O–H groups in total. The van der Waals surface area contributed by atoms with Gasteiger partial charge in [-0.2, -0.15) is 5.26 Å². The lowest BCUT2D eigenvalue weighted by molar-refractivity contribution is -0.143. The van der Waals surface area contributed by atoms with Gasteiger partial charge in [0.15, 0.2) is 11.5 Å². The predicted molar refractivity (Wildman–Crippen MR) is 93.9 cm³/mol. The maximum Gasteiger partial charge on any atom is 0.328 e. The van der Waals surface area contributed by atoms with E-state index in [-0.39, 0.29) is 5.97 Å². The summed E-state index contributed by atoms with van der Waals surface area (Å²) in [7, 11) is 1.52. The number of nitrogens with one attached hydrogen (secondary N) is 1. The van der Waals surface area contributed by atoms with E-state index >= 15 is 0 Å².